The second-order valence-electron chi connectivity index (χ2n) is 4.51. The summed E-state index contributed by atoms with van der Waals surface area (Å²) in [7, 11) is 0. The van der Waals surface area contributed by atoms with Crippen molar-refractivity contribution in [1.82, 2.24) is 10.6 Å². The van der Waals surface area contributed by atoms with Crippen LogP contribution in [0.15, 0.2) is 18.2 Å². The maximum Gasteiger partial charge on any atom is 0.221 e. The fourth-order valence-electron chi connectivity index (χ4n) is 2.09. The smallest absolute Gasteiger partial charge is 0.221 e. The Balaban J connectivity index is 0.00000180. The van der Waals surface area contributed by atoms with Gasteiger partial charge in [-0.05, 0) is 25.5 Å². The van der Waals surface area contributed by atoms with E-state index in [1.165, 1.54) is 12.1 Å². The number of nitrogens with one attached hydrogen (secondary N) is 2. The van der Waals surface area contributed by atoms with E-state index in [0.717, 1.165) is 25.5 Å². The van der Waals surface area contributed by atoms with Crippen LogP contribution in [0.4, 0.5) is 8.78 Å². The fraction of sp³-hybridized carbons (Fsp3) is 0.462. The van der Waals surface area contributed by atoms with Crippen molar-refractivity contribution in [2.45, 2.75) is 31.8 Å². The third kappa shape index (κ3) is 4.76. The summed E-state index contributed by atoms with van der Waals surface area (Å²) in [4.78, 5) is 11.6. The molecule has 3 nitrogen and oxygen atoms in total. The molecule has 1 amide bonds. The number of benzene rings is 1. The highest BCUT2D eigenvalue weighted by atomic mass is 35.5. The SMILES string of the molecule is Cl.O=C(CC1CCCN1)NCc1ccc(F)cc1F. The van der Waals surface area contributed by atoms with Crippen LogP contribution in [0.3, 0.4) is 0 Å². The number of hydrogen-bond acceptors (Lipinski definition) is 2. The Morgan fingerprint density at radius 2 is 2.21 bits per heavy atom. The summed E-state index contributed by atoms with van der Waals surface area (Å²) >= 11 is 0. The number of carbonyl (C=O) groups excluding carboxylic acids is 1. The van der Waals surface area contributed by atoms with Gasteiger partial charge in [0, 0.05) is 30.6 Å². The summed E-state index contributed by atoms with van der Waals surface area (Å²) in [6.45, 7) is 1.04. The largest absolute Gasteiger partial charge is 0.352 e. The third-order valence-electron chi connectivity index (χ3n) is 3.09. The lowest BCUT2D eigenvalue weighted by molar-refractivity contribution is -0.121. The minimum absolute atomic E-state index is 0. The van der Waals surface area contributed by atoms with Crippen LogP contribution >= 0.6 is 12.4 Å². The molecule has 2 rings (SSSR count). The van der Waals surface area contributed by atoms with E-state index in [4.69, 9.17) is 0 Å². The second kappa shape index (κ2) is 7.40. The molecule has 1 fully saturated rings. The van der Waals surface area contributed by atoms with Crippen molar-refractivity contribution in [3.05, 3.63) is 35.4 Å². The van der Waals surface area contributed by atoms with E-state index in [-0.39, 0.29) is 30.9 Å². The number of hydrogen-bond donors (Lipinski definition) is 2. The maximum atomic E-state index is 13.3. The van der Waals surface area contributed by atoms with Crippen LogP contribution < -0.4 is 10.6 Å². The van der Waals surface area contributed by atoms with Gasteiger partial charge in [0.1, 0.15) is 11.6 Å². The lowest BCUT2D eigenvalue weighted by atomic mass is 10.1. The first-order chi connectivity index (χ1) is 8.65. The molecule has 0 aromatic heterocycles. The molecular weight excluding hydrogens is 274 g/mol. The molecule has 1 saturated heterocycles. The van der Waals surface area contributed by atoms with Crippen LogP contribution in [0, 0.1) is 11.6 Å². The zero-order valence-electron chi connectivity index (χ0n) is 10.4. The topological polar surface area (TPSA) is 41.1 Å². The molecule has 0 saturated carbocycles. The first-order valence-corrected chi connectivity index (χ1v) is 6.09. The lowest BCUT2D eigenvalue weighted by Gasteiger charge is -2.10. The van der Waals surface area contributed by atoms with Crippen molar-refractivity contribution in [2.75, 3.05) is 6.54 Å². The molecule has 1 aromatic rings. The second-order valence-corrected chi connectivity index (χ2v) is 4.51. The fourth-order valence-corrected chi connectivity index (χ4v) is 2.09. The number of rotatable bonds is 4. The van der Waals surface area contributed by atoms with Crippen LogP contribution in [0.25, 0.3) is 0 Å². The van der Waals surface area contributed by atoms with E-state index in [9.17, 15) is 13.6 Å². The van der Waals surface area contributed by atoms with Gasteiger partial charge >= 0.3 is 0 Å². The molecule has 1 unspecified atom stereocenters. The van der Waals surface area contributed by atoms with E-state index in [1.807, 2.05) is 0 Å². The number of halogens is 3. The molecule has 0 spiro atoms. The molecule has 0 aliphatic carbocycles. The standard InChI is InChI=1S/C13H16F2N2O.ClH/c14-10-4-3-9(12(15)6-10)8-17-13(18)7-11-2-1-5-16-11;/h3-4,6,11,16H,1-2,5,7-8H2,(H,17,18);1H. The number of amides is 1. The van der Waals surface area contributed by atoms with Gasteiger partial charge in [0.2, 0.25) is 5.91 Å². The first kappa shape index (κ1) is 15.9. The van der Waals surface area contributed by atoms with Crippen LogP contribution in [0.5, 0.6) is 0 Å². The van der Waals surface area contributed by atoms with Crippen molar-refractivity contribution in [3.8, 4) is 0 Å². The molecule has 106 valence electrons. The summed E-state index contributed by atoms with van der Waals surface area (Å²) in [6.07, 6.45) is 2.49. The molecule has 1 heterocycles. The van der Waals surface area contributed by atoms with Gasteiger partial charge < -0.3 is 10.6 Å². The summed E-state index contributed by atoms with van der Waals surface area (Å²) in [5, 5.41) is 5.86. The van der Waals surface area contributed by atoms with Gasteiger partial charge in [0.05, 0.1) is 0 Å². The monoisotopic (exact) mass is 290 g/mol. The molecule has 0 bridgehead atoms. The Bertz CT molecular complexity index is 437. The molecule has 1 aliphatic heterocycles. The third-order valence-corrected chi connectivity index (χ3v) is 3.09. The summed E-state index contributed by atoms with van der Waals surface area (Å²) in [5.41, 5.74) is 0.295. The molecule has 1 aromatic carbocycles. The van der Waals surface area contributed by atoms with Gasteiger partial charge in [0.25, 0.3) is 0 Å². The van der Waals surface area contributed by atoms with Crippen LogP contribution in [0.1, 0.15) is 24.8 Å². The predicted molar refractivity (Wildman–Crippen MR) is 71.1 cm³/mol. The highest BCUT2D eigenvalue weighted by Gasteiger charge is 2.17. The Labute approximate surface area is 117 Å². The normalized spacial score (nSPS) is 17.9. The quantitative estimate of drug-likeness (QED) is 0.892. The molecule has 1 atom stereocenters. The van der Waals surface area contributed by atoms with Gasteiger partial charge in [-0.2, -0.15) is 0 Å². The average Bonchev–Trinajstić information content (AvgIpc) is 2.80. The summed E-state index contributed by atoms with van der Waals surface area (Å²) in [6, 6.07) is 3.57. The zero-order chi connectivity index (χ0) is 13.0. The van der Waals surface area contributed by atoms with Crippen LogP contribution in [-0.4, -0.2) is 18.5 Å². The van der Waals surface area contributed by atoms with Gasteiger partial charge in [-0.1, -0.05) is 6.07 Å². The van der Waals surface area contributed by atoms with Crippen molar-refractivity contribution in [3.63, 3.8) is 0 Å². The Morgan fingerprint density at radius 3 is 2.84 bits per heavy atom. The van der Waals surface area contributed by atoms with E-state index in [0.29, 0.717) is 12.0 Å². The zero-order valence-corrected chi connectivity index (χ0v) is 11.2. The highest BCUT2D eigenvalue weighted by molar-refractivity contribution is 5.85. The Hall–Kier alpha value is -1.20. The van der Waals surface area contributed by atoms with Crippen LogP contribution in [0.2, 0.25) is 0 Å². The molecule has 19 heavy (non-hydrogen) atoms. The average molecular weight is 291 g/mol. The van der Waals surface area contributed by atoms with Crippen LogP contribution in [-0.2, 0) is 11.3 Å². The minimum atomic E-state index is -0.630. The highest BCUT2D eigenvalue weighted by Crippen LogP contribution is 2.10. The first-order valence-electron chi connectivity index (χ1n) is 6.09. The van der Waals surface area contributed by atoms with Gasteiger partial charge in [-0.15, -0.1) is 12.4 Å². The number of carbonyl (C=O) groups is 1. The molecule has 6 heteroatoms. The van der Waals surface area contributed by atoms with Crippen molar-refractivity contribution in [2.24, 2.45) is 0 Å². The van der Waals surface area contributed by atoms with Gasteiger partial charge in [0.15, 0.2) is 0 Å². The Kier molecular flexibility index (Phi) is 6.18. The minimum Gasteiger partial charge on any atom is -0.352 e. The van der Waals surface area contributed by atoms with Gasteiger partial charge in [-0.25, -0.2) is 8.78 Å². The van der Waals surface area contributed by atoms with Crippen molar-refractivity contribution < 1.29 is 13.6 Å². The van der Waals surface area contributed by atoms with E-state index in [2.05, 4.69) is 10.6 Å². The van der Waals surface area contributed by atoms with E-state index < -0.39 is 11.6 Å². The summed E-state index contributed by atoms with van der Waals surface area (Å²) in [5.74, 6) is -1.36. The molecule has 2 N–H and O–H groups in total. The van der Waals surface area contributed by atoms with Crippen molar-refractivity contribution in [1.29, 1.82) is 0 Å². The Morgan fingerprint density at radius 1 is 1.42 bits per heavy atom. The predicted octanol–water partition coefficient (Wildman–Crippen LogP) is 2.14. The molecule has 0 radical (unpaired) electrons. The van der Waals surface area contributed by atoms with E-state index >= 15 is 0 Å². The molecule has 1 aliphatic rings. The summed E-state index contributed by atoms with van der Waals surface area (Å²) < 4.78 is 26.0. The van der Waals surface area contributed by atoms with E-state index in [1.54, 1.807) is 0 Å². The lowest BCUT2D eigenvalue weighted by Crippen LogP contribution is -2.31. The maximum absolute atomic E-state index is 13.3. The van der Waals surface area contributed by atoms with Crippen molar-refractivity contribution >= 4 is 18.3 Å². The molecular formula is C13H17ClF2N2O. The van der Waals surface area contributed by atoms with Gasteiger partial charge in [-0.3, -0.25) is 4.79 Å².